The highest BCUT2D eigenvalue weighted by Gasteiger charge is 2.55. The number of anilines is 1. The van der Waals surface area contributed by atoms with E-state index < -0.39 is 52.4 Å². The normalized spacial score (nSPS) is 15.0. The van der Waals surface area contributed by atoms with E-state index in [1.54, 1.807) is 5.38 Å². The summed E-state index contributed by atoms with van der Waals surface area (Å²) in [5.74, 6) is 2.07. The van der Waals surface area contributed by atoms with Crippen LogP contribution >= 0.6 is 23.1 Å². The molecule has 0 bridgehead atoms. The number of fused-ring (bicyclic) bond motifs is 1. The first-order valence-electron chi connectivity index (χ1n) is 26.5. The van der Waals surface area contributed by atoms with Gasteiger partial charge in [0.1, 0.15) is 35.0 Å². The molecule has 2 aliphatic heterocycles. The van der Waals surface area contributed by atoms with Gasteiger partial charge in [0.15, 0.2) is 16.9 Å². The molecule has 14 heteroatoms. The topological polar surface area (TPSA) is 149 Å². The molecule has 12 nitrogen and oxygen atoms in total. The number of hydrogen-bond acceptors (Lipinski definition) is 12. The number of thiazole rings is 1. The molecule has 0 spiro atoms. The molecule has 8 aromatic carbocycles. The van der Waals surface area contributed by atoms with Crippen molar-refractivity contribution in [3.05, 3.63) is 310 Å². The van der Waals surface area contributed by atoms with Gasteiger partial charge in [0.25, 0.3) is 11.8 Å². The monoisotopic (exact) mass is 1120 g/mol. The van der Waals surface area contributed by atoms with Crippen molar-refractivity contribution in [2.45, 2.75) is 35.6 Å². The average molecular weight is 1120 g/mol. The number of ether oxygens (including phenoxy) is 2. The molecule has 2 atom stereocenters. The van der Waals surface area contributed by atoms with Crippen LogP contribution in [0.1, 0.15) is 63.2 Å². The van der Waals surface area contributed by atoms with Gasteiger partial charge < -0.3 is 24.9 Å². The largest absolute Gasteiger partial charge is 0.451 e. The number of hydrogen-bond donors (Lipinski definition) is 2. The van der Waals surface area contributed by atoms with E-state index in [0.29, 0.717) is 21.8 Å². The van der Waals surface area contributed by atoms with E-state index in [9.17, 15) is 14.4 Å². The minimum Gasteiger partial charge on any atom is -0.451 e. The summed E-state index contributed by atoms with van der Waals surface area (Å²) < 4.78 is 11.9. The smallest absolute Gasteiger partial charge is 0.384 e. The Balaban J connectivity index is 0.988. The summed E-state index contributed by atoms with van der Waals surface area (Å²) in [6, 6.07) is 76.6. The van der Waals surface area contributed by atoms with E-state index in [-0.39, 0.29) is 29.5 Å². The Bertz CT molecular complexity index is 3590. The summed E-state index contributed by atoms with van der Waals surface area (Å²) in [6.07, 6.45) is -0.860. The second-order valence-electron chi connectivity index (χ2n) is 19.2. The zero-order chi connectivity index (χ0) is 56.3. The lowest BCUT2D eigenvalue weighted by atomic mass is 9.77. The van der Waals surface area contributed by atoms with Crippen LogP contribution < -0.4 is 10.6 Å². The van der Waals surface area contributed by atoms with Gasteiger partial charge in [0, 0.05) is 39.3 Å². The first-order valence-corrected chi connectivity index (χ1v) is 28.4. The molecule has 0 saturated carbocycles. The van der Waals surface area contributed by atoms with Gasteiger partial charge in [0.05, 0.1) is 0 Å². The molecule has 0 unspecified atom stereocenters. The zero-order valence-corrected chi connectivity index (χ0v) is 46.0. The predicted octanol–water partition coefficient (Wildman–Crippen LogP) is 11.8. The molecule has 3 heterocycles. The maximum absolute atomic E-state index is 15.5. The molecule has 2 N–H and O–H groups in total. The number of oxime groups is 1. The fourth-order valence-corrected chi connectivity index (χ4v) is 12.5. The van der Waals surface area contributed by atoms with Crippen LogP contribution in [0.3, 0.4) is 0 Å². The van der Waals surface area contributed by atoms with Crippen molar-refractivity contribution >= 4 is 57.7 Å². The number of esters is 2. The summed E-state index contributed by atoms with van der Waals surface area (Å²) in [7, 11) is 0. The minimum atomic E-state index is -1.40. The Morgan fingerprint density at radius 1 is 0.646 bits per heavy atom. The molecule has 11 rings (SSSR count). The van der Waals surface area contributed by atoms with Crippen molar-refractivity contribution < 1.29 is 33.5 Å². The summed E-state index contributed by atoms with van der Waals surface area (Å²) in [6.45, 7) is 1.18. The summed E-state index contributed by atoms with van der Waals surface area (Å²) >= 11 is 2.58. The highest BCUT2D eigenvalue weighted by Crippen LogP contribution is 2.45. The van der Waals surface area contributed by atoms with Gasteiger partial charge >= 0.3 is 11.9 Å². The average Bonchev–Trinajstić information content (AvgIpc) is 4.14. The molecule has 82 heavy (non-hydrogen) atoms. The first-order chi connectivity index (χ1) is 40.3. The Labute approximate surface area is 483 Å². The second kappa shape index (κ2) is 24.7. The van der Waals surface area contributed by atoms with E-state index in [1.165, 1.54) is 34.9 Å². The lowest BCUT2D eigenvalue weighted by Gasteiger charge is -2.49. The molecule has 2 aliphatic rings. The van der Waals surface area contributed by atoms with Gasteiger partial charge in [-0.3, -0.25) is 14.5 Å². The maximum Gasteiger partial charge on any atom is 0.384 e. The fraction of sp³-hybridized carbons (Fsp3) is 0.118. The van der Waals surface area contributed by atoms with Crippen molar-refractivity contribution in [1.29, 1.82) is 0 Å². The van der Waals surface area contributed by atoms with Gasteiger partial charge in [-0.15, -0.1) is 23.1 Å². The van der Waals surface area contributed by atoms with Gasteiger partial charge in [-0.2, -0.15) is 0 Å². The number of rotatable bonds is 19. The highest BCUT2D eigenvalue weighted by atomic mass is 32.2. The van der Waals surface area contributed by atoms with E-state index >= 15 is 4.79 Å². The number of carbonyl (C=O) groups is 4. The van der Waals surface area contributed by atoms with E-state index in [0.717, 1.165) is 33.4 Å². The van der Waals surface area contributed by atoms with E-state index in [1.807, 2.05) is 206 Å². The molecular weight excluding hydrogens is 1060 g/mol. The van der Waals surface area contributed by atoms with Crippen molar-refractivity contribution in [3.8, 4) is 11.8 Å². The Kier molecular flexibility index (Phi) is 16.3. The first kappa shape index (κ1) is 54.2. The SMILES string of the molecule is CC#CC(=O)OCC1=C(C(=O)OC(c2ccccc2)c2ccccc2)N2C(=O)[C@@H](NC(=O)/C(=N\OC(c3ccccc3)(c3ccccc3)c3ccccc3)c3csc(NC(c4ccccc4)(c4ccccc4)c4ccccc4)n3)[C@H]2SC1. The van der Waals surface area contributed by atoms with E-state index in [2.05, 4.69) is 58.9 Å². The van der Waals surface area contributed by atoms with Crippen LogP contribution in [0.15, 0.2) is 264 Å². The fourth-order valence-electron chi connectivity index (χ4n) is 10.4. The third-order valence-electron chi connectivity index (χ3n) is 14.3. The van der Waals surface area contributed by atoms with Crippen LogP contribution in [0.5, 0.6) is 0 Å². The molecule has 1 aromatic heterocycles. The summed E-state index contributed by atoms with van der Waals surface area (Å²) in [4.78, 5) is 71.3. The second-order valence-corrected chi connectivity index (χ2v) is 21.2. The lowest BCUT2D eigenvalue weighted by Crippen LogP contribution is -2.71. The predicted molar refractivity (Wildman–Crippen MR) is 319 cm³/mol. The van der Waals surface area contributed by atoms with Gasteiger partial charge in [-0.05, 0) is 34.7 Å². The Hall–Kier alpha value is -9.81. The van der Waals surface area contributed by atoms with Gasteiger partial charge in [0.2, 0.25) is 5.60 Å². The number of nitrogens with one attached hydrogen (secondary N) is 2. The number of nitrogens with zero attached hydrogens (tertiary/aromatic N) is 3. The van der Waals surface area contributed by atoms with Gasteiger partial charge in [-0.25, -0.2) is 14.6 Å². The molecule has 1 saturated heterocycles. The molecule has 1 fully saturated rings. The highest BCUT2D eigenvalue weighted by molar-refractivity contribution is 8.00. The quantitative estimate of drug-likeness (QED) is 0.0152. The Morgan fingerprint density at radius 2 is 1.09 bits per heavy atom. The molecule has 0 aliphatic carbocycles. The Morgan fingerprint density at radius 3 is 1.54 bits per heavy atom. The molecular formula is C68H53N5O7S2. The maximum atomic E-state index is 15.5. The number of aromatic nitrogens is 1. The third kappa shape index (κ3) is 10.9. The number of amides is 2. The number of β-lactam (4-membered cyclic amide) rings is 1. The minimum absolute atomic E-state index is 0.0853. The number of thioether (sulfide) groups is 1. The van der Waals surface area contributed by atoms with Crippen molar-refractivity contribution in [2.75, 3.05) is 17.7 Å². The van der Waals surface area contributed by atoms with Crippen molar-refractivity contribution in [1.82, 2.24) is 15.2 Å². The van der Waals surface area contributed by atoms with Gasteiger partial charge in [-0.1, -0.05) is 254 Å². The number of benzene rings is 8. The van der Waals surface area contributed by atoms with Crippen LogP contribution in [0.4, 0.5) is 5.13 Å². The van der Waals surface area contributed by atoms with Crippen LogP contribution in [0.25, 0.3) is 0 Å². The molecule has 404 valence electrons. The van der Waals surface area contributed by atoms with Crippen molar-refractivity contribution in [2.24, 2.45) is 5.16 Å². The molecule has 9 aromatic rings. The van der Waals surface area contributed by atoms with Crippen LogP contribution in [-0.2, 0) is 44.6 Å². The lowest BCUT2D eigenvalue weighted by molar-refractivity contribution is -0.154. The molecule has 2 amide bonds. The van der Waals surface area contributed by atoms with Crippen LogP contribution in [0, 0.1) is 11.8 Å². The van der Waals surface area contributed by atoms with Crippen LogP contribution in [0.2, 0.25) is 0 Å². The summed E-state index contributed by atoms with van der Waals surface area (Å²) in [5, 5.41) is 13.1. The zero-order valence-electron chi connectivity index (χ0n) is 44.3. The standard InChI is InChI=1S/C68H53N5O7S2/c1-2-27-57(74)78-44-49-45-81-64-59(63(76)73(64)60(49)65(77)79-61(47-28-11-3-12-29-47)48-30-13-4-14-31-48)70-62(75)58(72-80-68(53-38-21-8-22-39-53,54-40-23-9-24-41-54)55-42-25-10-26-43-55)56-46-82-66(69-56)71-67(50-32-15-5-16-33-50,51-34-17-6-18-35-51)52-36-19-7-20-37-52/h3-26,28-43,46,59,61,64H,44-45H2,1H3,(H,69,71)(H,70,75)/b72-58-/t59-,64-/m1/s1. The van der Waals surface area contributed by atoms with Crippen LogP contribution in [-0.4, -0.2) is 63.1 Å². The third-order valence-corrected chi connectivity index (χ3v) is 16.4. The molecule has 0 radical (unpaired) electrons. The van der Waals surface area contributed by atoms with Crippen molar-refractivity contribution in [3.63, 3.8) is 0 Å². The summed E-state index contributed by atoms with van der Waals surface area (Å²) in [5.41, 5.74) is 4.25. The number of carbonyl (C=O) groups excluding carboxylic acids is 4. The van der Waals surface area contributed by atoms with E-state index in [4.69, 9.17) is 24.5 Å².